The highest BCUT2D eigenvalue weighted by Crippen LogP contribution is 2.19. The molecule has 0 aliphatic rings. The average Bonchev–Trinajstić information content (AvgIpc) is 2.43. The zero-order valence-corrected chi connectivity index (χ0v) is 13.0. The molecule has 0 bridgehead atoms. The summed E-state index contributed by atoms with van der Waals surface area (Å²) < 4.78 is 36.7. The molecule has 2 amide bonds. The summed E-state index contributed by atoms with van der Waals surface area (Å²) in [4.78, 5) is 22.4. The molecule has 23 heavy (non-hydrogen) atoms. The molecule has 0 radical (unpaired) electrons. The SMILES string of the molecule is C/C(=N/NC(=O)CC(C)C)c1cccc(NC(=O)C(F)(F)F)c1. The topological polar surface area (TPSA) is 70.6 Å². The van der Waals surface area contributed by atoms with Crippen LogP contribution in [0.15, 0.2) is 29.4 Å². The summed E-state index contributed by atoms with van der Waals surface area (Å²) in [6.45, 7) is 5.38. The Morgan fingerprint density at radius 3 is 2.48 bits per heavy atom. The molecule has 2 N–H and O–H groups in total. The molecule has 0 saturated carbocycles. The van der Waals surface area contributed by atoms with E-state index in [1.807, 2.05) is 13.8 Å². The summed E-state index contributed by atoms with van der Waals surface area (Å²) in [7, 11) is 0. The van der Waals surface area contributed by atoms with Gasteiger partial charge in [0.05, 0.1) is 5.71 Å². The normalized spacial score (nSPS) is 12.2. The number of carbonyl (C=O) groups excluding carboxylic acids is 2. The van der Waals surface area contributed by atoms with E-state index in [-0.39, 0.29) is 17.5 Å². The van der Waals surface area contributed by atoms with E-state index in [1.54, 1.807) is 18.3 Å². The van der Waals surface area contributed by atoms with Crippen LogP contribution in [0, 0.1) is 5.92 Å². The maximum absolute atomic E-state index is 12.2. The Balaban J connectivity index is 2.79. The van der Waals surface area contributed by atoms with Gasteiger partial charge >= 0.3 is 12.1 Å². The lowest BCUT2D eigenvalue weighted by Gasteiger charge is -2.09. The number of hydrogen-bond donors (Lipinski definition) is 2. The van der Waals surface area contributed by atoms with Crippen LogP contribution < -0.4 is 10.7 Å². The standard InChI is InChI=1S/C15H18F3N3O2/c1-9(2)7-13(22)21-20-10(3)11-5-4-6-12(8-11)19-14(23)15(16,17)18/h4-6,8-9H,7H2,1-3H3,(H,19,23)(H,21,22)/b20-10-. The Morgan fingerprint density at radius 2 is 1.91 bits per heavy atom. The molecule has 126 valence electrons. The van der Waals surface area contributed by atoms with Crippen molar-refractivity contribution in [3.05, 3.63) is 29.8 Å². The minimum absolute atomic E-state index is 0.00659. The highest BCUT2D eigenvalue weighted by molar-refractivity contribution is 6.01. The second kappa shape index (κ2) is 7.75. The maximum Gasteiger partial charge on any atom is 0.471 e. The van der Waals surface area contributed by atoms with Gasteiger partial charge in [0, 0.05) is 12.1 Å². The molecule has 1 rings (SSSR count). The largest absolute Gasteiger partial charge is 0.471 e. The van der Waals surface area contributed by atoms with Crippen molar-refractivity contribution in [1.82, 2.24) is 5.43 Å². The number of amides is 2. The van der Waals surface area contributed by atoms with Crippen molar-refractivity contribution < 1.29 is 22.8 Å². The van der Waals surface area contributed by atoms with Crippen LogP contribution >= 0.6 is 0 Å². The summed E-state index contributed by atoms with van der Waals surface area (Å²) in [6, 6.07) is 5.77. The van der Waals surface area contributed by atoms with Gasteiger partial charge in [-0.1, -0.05) is 26.0 Å². The Labute approximate surface area is 132 Å². The van der Waals surface area contributed by atoms with Crippen LogP contribution in [0.2, 0.25) is 0 Å². The summed E-state index contributed by atoms with van der Waals surface area (Å²) in [5.74, 6) is -2.11. The fourth-order valence-corrected chi connectivity index (χ4v) is 1.65. The molecule has 8 heteroatoms. The third-order valence-electron chi connectivity index (χ3n) is 2.74. The zero-order valence-electron chi connectivity index (χ0n) is 13.0. The molecule has 0 heterocycles. The quantitative estimate of drug-likeness (QED) is 0.644. The van der Waals surface area contributed by atoms with E-state index in [1.165, 1.54) is 18.2 Å². The molecule has 0 aromatic heterocycles. The Morgan fingerprint density at radius 1 is 1.26 bits per heavy atom. The van der Waals surface area contributed by atoms with Crippen molar-refractivity contribution in [2.75, 3.05) is 5.32 Å². The third-order valence-corrected chi connectivity index (χ3v) is 2.74. The summed E-state index contributed by atoms with van der Waals surface area (Å²) in [5.41, 5.74) is 3.26. The second-order valence-corrected chi connectivity index (χ2v) is 5.36. The van der Waals surface area contributed by atoms with Crippen LogP contribution in [-0.2, 0) is 9.59 Å². The first-order valence-electron chi connectivity index (χ1n) is 6.91. The third kappa shape index (κ3) is 6.50. The minimum atomic E-state index is -4.95. The van der Waals surface area contributed by atoms with Crippen LogP contribution in [0.1, 0.15) is 32.8 Å². The summed E-state index contributed by atoms with van der Waals surface area (Å²) in [6.07, 6.45) is -4.64. The lowest BCUT2D eigenvalue weighted by molar-refractivity contribution is -0.167. The van der Waals surface area contributed by atoms with Crippen LogP contribution in [0.4, 0.5) is 18.9 Å². The number of nitrogens with one attached hydrogen (secondary N) is 2. The number of carbonyl (C=O) groups is 2. The van der Waals surface area contributed by atoms with E-state index >= 15 is 0 Å². The molecule has 0 fully saturated rings. The highest BCUT2D eigenvalue weighted by Gasteiger charge is 2.38. The highest BCUT2D eigenvalue weighted by atomic mass is 19.4. The van der Waals surface area contributed by atoms with Crippen LogP contribution in [0.5, 0.6) is 0 Å². The van der Waals surface area contributed by atoms with Gasteiger partial charge in [0.2, 0.25) is 5.91 Å². The molecule has 1 aromatic rings. The van der Waals surface area contributed by atoms with E-state index in [0.29, 0.717) is 17.7 Å². The first-order valence-corrected chi connectivity index (χ1v) is 6.91. The lowest BCUT2D eigenvalue weighted by Crippen LogP contribution is -2.29. The average molecular weight is 329 g/mol. The van der Waals surface area contributed by atoms with Gasteiger partial charge in [-0.15, -0.1) is 0 Å². The molecule has 0 unspecified atom stereocenters. The number of anilines is 1. The molecule has 0 aliphatic heterocycles. The fraction of sp³-hybridized carbons (Fsp3) is 0.400. The monoisotopic (exact) mass is 329 g/mol. The summed E-state index contributed by atoms with van der Waals surface area (Å²) in [5, 5.41) is 5.66. The van der Waals surface area contributed by atoms with Crippen molar-refractivity contribution in [1.29, 1.82) is 0 Å². The predicted octanol–water partition coefficient (Wildman–Crippen LogP) is 3.07. The predicted molar refractivity (Wildman–Crippen MR) is 80.9 cm³/mol. The van der Waals surface area contributed by atoms with E-state index in [9.17, 15) is 22.8 Å². The maximum atomic E-state index is 12.2. The van der Waals surface area contributed by atoms with Crippen molar-refractivity contribution in [3.8, 4) is 0 Å². The van der Waals surface area contributed by atoms with Crippen molar-refractivity contribution in [2.24, 2.45) is 11.0 Å². The molecule has 0 saturated heterocycles. The molecular weight excluding hydrogens is 311 g/mol. The van der Waals surface area contributed by atoms with Gasteiger partial charge in [-0.2, -0.15) is 18.3 Å². The van der Waals surface area contributed by atoms with Gasteiger partial charge in [0.1, 0.15) is 0 Å². The molecule has 1 aromatic carbocycles. The second-order valence-electron chi connectivity index (χ2n) is 5.36. The van der Waals surface area contributed by atoms with Crippen LogP contribution in [0.3, 0.4) is 0 Å². The van der Waals surface area contributed by atoms with Gasteiger partial charge in [-0.25, -0.2) is 5.43 Å². The molecule has 5 nitrogen and oxygen atoms in total. The first-order chi connectivity index (χ1) is 10.6. The number of hydrazone groups is 1. The number of nitrogens with zero attached hydrogens (tertiary/aromatic N) is 1. The van der Waals surface area contributed by atoms with Gasteiger partial charge in [-0.05, 0) is 30.5 Å². The number of benzene rings is 1. The number of rotatable bonds is 5. The Kier molecular flexibility index (Phi) is 6.29. The van der Waals surface area contributed by atoms with E-state index in [4.69, 9.17) is 0 Å². The Hall–Kier alpha value is -2.38. The molecule has 0 aliphatic carbocycles. The van der Waals surface area contributed by atoms with E-state index < -0.39 is 12.1 Å². The van der Waals surface area contributed by atoms with E-state index in [0.717, 1.165) is 0 Å². The number of halogens is 3. The molecular formula is C15H18F3N3O2. The first kappa shape index (κ1) is 18.7. The van der Waals surface area contributed by atoms with Gasteiger partial charge in [-0.3, -0.25) is 9.59 Å². The van der Waals surface area contributed by atoms with Crippen molar-refractivity contribution in [2.45, 2.75) is 33.4 Å². The Bertz CT molecular complexity index is 610. The van der Waals surface area contributed by atoms with Crippen molar-refractivity contribution >= 4 is 23.2 Å². The van der Waals surface area contributed by atoms with Crippen LogP contribution in [-0.4, -0.2) is 23.7 Å². The van der Waals surface area contributed by atoms with Crippen LogP contribution in [0.25, 0.3) is 0 Å². The number of alkyl halides is 3. The minimum Gasteiger partial charge on any atom is -0.318 e. The van der Waals surface area contributed by atoms with E-state index in [2.05, 4.69) is 10.5 Å². The smallest absolute Gasteiger partial charge is 0.318 e. The van der Waals surface area contributed by atoms with Gasteiger partial charge < -0.3 is 5.32 Å². The van der Waals surface area contributed by atoms with Gasteiger partial charge in [0.25, 0.3) is 0 Å². The molecule has 0 atom stereocenters. The van der Waals surface area contributed by atoms with Crippen molar-refractivity contribution in [3.63, 3.8) is 0 Å². The summed E-state index contributed by atoms with van der Waals surface area (Å²) >= 11 is 0. The number of hydrogen-bond acceptors (Lipinski definition) is 3. The molecule has 0 spiro atoms. The van der Waals surface area contributed by atoms with Gasteiger partial charge in [0.15, 0.2) is 0 Å². The zero-order chi connectivity index (χ0) is 17.6. The lowest BCUT2D eigenvalue weighted by atomic mass is 10.1. The fourth-order valence-electron chi connectivity index (χ4n) is 1.65.